The fourth-order valence-corrected chi connectivity index (χ4v) is 2.24. The van der Waals surface area contributed by atoms with Gasteiger partial charge in [-0.1, -0.05) is 37.5 Å². The average Bonchev–Trinajstić information content (AvgIpc) is 2.33. The molecule has 1 aromatic rings. The Hall–Kier alpha value is -1.12. The van der Waals surface area contributed by atoms with Crippen LogP contribution in [0.2, 0.25) is 0 Å². The molecule has 0 spiro atoms. The Morgan fingerprint density at radius 2 is 2.05 bits per heavy atom. The molecule has 0 aliphatic rings. The lowest BCUT2D eigenvalue weighted by Crippen LogP contribution is -2.07. The van der Waals surface area contributed by atoms with Gasteiger partial charge in [0.2, 0.25) is 0 Å². The molecule has 3 nitrogen and oxygen atoms in total. The van der Waals surface area contributed by atoms with Gasteiger partial charge in [0.15, 0.2) is 0 Å². The largest absolute Gasteiger partial charge is 0.382 e. The predicted octanol–water partition coefficient (Wildman–Crippen LogP) is 3.19. The van der Waals surface area contributed by atoms with E-state index in [4.69, 9.17) is 4.18 Å². The van der Waals surface area contributed by atoms with Crippen LogP contribution in [0.5, 0.6) is 5.75 Å². The van der Waals surface area contributed by atoms with Gasteiger partial charge in [-0.15, -0.1) is 5.92 Å². The Bertz CT molecular complexity index is 568. The van der Waals surface area contributed by atoms with E-state index in [1.807, 2.05) is 0 Å². The van der Waals surface area contributed by atoms with Crippen molar-refractivity contribution in [1.82, 2.24) is 0 Å². The summed E-state index contributed by atoms with van der Waals surface area (Å²) in [5, 5.41) is -0.352. The Morgan fingerprint density at radius 3 is 2.68 bits per heavy atom. The second-order valence-electron chi connectivity index (χ2n) is 4.15. The minimum Gasteiger partial charge on any atom is -0.382 e. The van der Waals surface area contributed by atoms with E-state index in [2.05, 4.69) is 31.4 Å². The van der Waals surface area contributed by atoms with Gasteiger partial charge < -0.3 is 4.18 Å². The first-order valence-corrected chi connectivity index (χ1v) is 8.42. The Balaban J connectivity index is 2.89. The van der Waals surface area contributed by atoms with Crippen LogP contribution in [-0.4, -0.2) is 14.7 Å². The molecule has 0 aliphatic heterocycles. The number of rotatable bonds is 5. The van der Waals surface area contributed by atoms with Crippen molar-refractivity contribution in [1.29, 1.82) is 0 Å². The molecule has 19 heavy (non-hydrogen) atoms. The van der Waals surface area contributed by atoms with Crippen molar-refractivity contribution in [2.24, 2.45) is 0 Å². The van der Waals surface area contributed by atoms with Crippen LogP contribution >= 0.6 is 12.6 Å². The number of hydrogen-bond donors (Lipinski definition) is 1. The summed E-state index contributed by atoms with van der Waals surface area (Å²) in [5.74, 6) is 6.33. The van der Waals surface area contributed by atoms with Gasteiger partial charge in [-0.05, 0) is 12.5 Å². The predicted molar refractivity (Wildman–Crippen MR) is 80.9 cm³/mol. The topological polar surface area (TPSA) is 43.4 Å². The number of hydrogen-bond acceptors (Lipinski definition) is 4. The van der Waals surface area contributed by atoms with Crippen LogP contribution in [-0.2, 0) is 10.1 Å². The molecule has 1 aromatic carbocycles. The molecule has 104 valence electrons. The van der Waals surface area contributed by atoms with E-state index in [0.29, 0.717) is 5.56 Å². The molecule has 0 fully saturated rings. The van der Waals surface area contributed by atoms with Crippen LogP contribution in [0.25, 0.3) is 0 Å². The Morgan fingerprint density at radius 1 is 1.37 bits per heavy atom. The molecular weight excluding hydrogens is 280 g/mol. The summed E-state index contributed by atoms with van der Waals surface area (Å²) < 4.78 is 27.3. The SMILES string of the molecule is CCCCC#CC(S)c1ccccc1OS(C)(=O)=O. The van der Waals surface area contributed by atoms with Crippen molar-refractivity contribution in [2.75, 3.05) is 6.26 Å². The highest BCUT2D eigenvalue weighted by molar-refractivity contribution is 7.86. The lowest BCUT2D eigenvalue weighted by atomic mass is 10.1. The molecule has 1 unspecified atom stereocenters. The normalized spacial score (nSPS) is 12.4. The third-order valence-electron chi connectivity index (χ3n) is 2.35. The van der Waals surface area contributed by atoms with Gasteiger partial charge in [0.25, 0.3) is 0 Å². The molecule has 0 amide bonds. The molecular formula is C14H18O3S2. The molecule has 0 aromatic heterocycles. The van der Waals surface area contributed by atoms with Crippen molar-refractivity contribution in [3.8, 4) is 17.6 Å². The standard InChI is InChI=1S/C14H18O3S2/c1-3-4-5-6-11-14(18)12-9-7-8-10-13(12)17-19(2,15)16/h7-10,14,18H,3-5H2,1-2H3. The summed E-state index contributed by atoms with van der Waals surface area (Å²) >= 11 is 4.39. The zero-order valence-electron chi connectivity index (χ0n) is 11.1. The zero-order chi connectivity index (χ0) is 14.3. The van der Waals surface area contributed by atoms with E-state index in [0.717, 1.165) is 25.5 Å². The van der Waals surface area contributed by atoms with Crippen molar-refractivity contribution in [3.63, 3.8) is 0 Å². The highest BCUT2D eigenvalue weighted by atomic mass is 32.2. The molecule has 0 bridgehead atoms. The van der Waals surface area contributed by atoms with E-state index in [-0.39, 0.29) is 11.0 Å². The van der Waals surface area contributed by atoms with Gasteiger partial charge in [-0.25, -0.2) is 0 Å². The smallest absolute Gasteiger partial charge is 0.306 e. The first-order valence-electron chi connectivity index (χ1n) is 6.09. The number of benzene rings is 1. The fourth-order valence-electron chi connectivity index (χ4n) is 1.46. The van der Waals surface area contributed by atoms with Crippen LogP contribution in [0, 0.1) is 11.8 Å². The minimum atomic E-state index is -3.54. The van der Waals surface area contributed by atoms with Gasteiger partial charge in [0.05, 0.1) is 11.5 Å². The van der Waals surface area contributed by atoms with Crippen LogP contribution in [0.1, 0.15) is 37.0 Å². The van der Waals surface area contributed by atoms with Crippen molar-refractivity contribution in [3.05, 3.63) is 29.8 Å². The van der Waals surface area contributed by atoms with E-state index in [9.17, 15) is 8.42 Å². The van der Waals surface area contributed by atoms with Gasteiger partial charge in [-0.3, -0.25) is 0 Å². The van der Waals surface area contributed by atoms with Gasteiger partial charge >= 0.3 is 10.1 Å². The summed E-state index contributed by atoms with van der Waals surface area (Å²) in [5.41, 5.74) is 0.667. The number of unbranched alkanes of at least 4 members (excludes halogenated alkanes) is 2. The molecule has 0 saturated heterocycles. The van der Waals surface area contributed by atoms with Crippen LogP contribution < -0.4 is 4.18 Å². The fraction of sp³-hybridized carbons (Fsp3) is 0.429. The lowest BCUT2D eigenvalue weighted by molar-refractivity contribution is 0.490. The zero-order valence-corrected chi connectivity index (χ0v) is 12.8. The molecule has 1 rings (SSSR count). The first-order chi connectivity index (χ1) is 8.94. The second-order valence-corrected chi connectivity index (χ2v) is 6.24. The maximum atomic E-state index is 11.2. The Kier molecular flexibility index (Phi) is 6.26. The number of thiol groups is 1. The highest BCUT2D eigenvalue weighted by Crippen LogP contribution is 2.29. The van der Waals surface area contributed by atoms with Gasteiger partial charge in [0, 0.05) is 12.0 Å². The van der Waals surface area contributed by atoms with E-state index in [1.165, 1.54) is 0 Å². The van der Waals surface area contributed by atoms with Crippen LogP contribution in [0.4, 0.5) is 0 Å². The average molecular weight is 298 g/mol. The maximum Gasteiger partial charge on any atom is 0.306 e. The van der Waals surface area contributed by atoms with E-state index in [1.54, 1.807) is 24.3 Å². The summed E-state index contributed by atoms with van der Waals surface area (Å²) in [4.78, 5) is 0. The van der Waals surface area contributed by atoms with E-state index >= 15 is 0 Å². The van der Waals surface area contributed by atoms with E-state index < -0.39 is 10.1 Å². The molecule has 0 saturated carbocycles. The number of para-hydroxylation sites is 1. The molecule has 0 radical (unpaired) electrons. The summed E-state index contributed by atoms with van der Waals surface area (Å²) in [7, 11) is -3.54. The van der Waals surface area contributed by atoms with Crippen LogP contribution in [0.3, 0.4) is 0 Å². The second kappa shape index (κ2) is 7.46. The molecule has 1 atom stereocenters. The highest BCUT2D eigenvalue weighted by Gasteiger charge is 2.13. The quantitative estimate of drug-likeness (QED) is 0.393. The van der Waals surface area contributed by atoms with Crippen molar-refractivity contribution in [2.45, 2.75) is 31.4 Å². The lowest BCUT2D eigenvalue weighted by Gasteiger charge is -2.10. The third-order valence-corrected chi connectivity index (χ3v) is 3.24. The maximum absolute atomic E-state index is 11.2. The summed E-state index contributed by atoms with van der Waals surface area (Å²) in [6, 6.07) is 6.90. The molecule has 0 heterocycles. The molecule has 0 N–H and O–H groups in total. The third kappa shape index (κ3) is 6.04. The van der Waals surface area contributed by atoms with Gasteiger partial charge in [-0.2, -0.15) is 21.0 Å². The minimum absolute atomic E-state index is 0.287. The summed E-state index contributed by atoms with van der Waals surface area (Å²) in [6.07, 6.45) is 3.99. The van der Waals surface area contributed by atoms with Crippen molar-refractivity contribution >= 4 is 22.7 Å². The first kappa shape index (κ1) is 15.9. The molecule has 0 aliphatic carbocycles. The van der Waals surface area contributed by atoms with Gasteiger partial charge in [0.1, 0.15) is 5.75 Å². The summed E-state index contributed by atoms with van der Waals surface area (Å²) in [6.45, 7) is 2.11. The Labute approximate surface area is 120 Å². The van der Waals surface area contributed by atoms with Crippen LogP contribution in [0.15, 0.2) is 24.3 Å². The molecule has 5 heteroatoms. The van der Waals surface area contributed by atoms with Crippen molar-refractivity contribution < 1.29 is 12.6 Å². The monoisotopic (exact) mass is 298 g/mol.